The van der Waals surface area contributed by atoms with Crippen molar-refractivity contribution in [1.29, 1.82) is 0 Å². The molecule has 5 nitrogen and oxygen atoms in total. The molecule has 4 rings (SSSR count). The first kappa shape index (κ1) is 10.6. The molecule has 2 N–H and O–H groups in total. The Morgan fingerprint density at radius 3 is 2.61 bits per heavy atom. The van der Waals surface area contributed by atoms with Crippen molar-refractivity contribution >= 4 is 5.91 Å². The van der Waals surface area contributed by atoms with E-state index in [1.807, 2.05) is 17.4 Å². The van der Waals surface area contributed by atoms with Gasteiger partial charge in [0.1, 0.15) is 0 Å². The molecular weight excluding hydrogens is 228 g/mol. The van der Waals surface area contributed by atoms with E-state index in [2.05, 4.69) is 9.55 Å². The van der Waals surface area contributed by atoms with Gasteiger partial charge in [-0.05, 0) is 25.7 Å². The molecule has 1 saturated heterocycles. The van der Waals surface area contributed by atoms with Crippen molar-refractivity contribution in [2.75, 3.05) is 0 Å². The molecule has 2 atom stereocenters. The van der Waals surface area contributed by atoms with E-state index in [1.54, 1.807) is 0 Å². The molecule has 3 aliphatic rings. The molecule has 0 bridgehead atoms. The summed E-state index contributed by atoms with van der Waals surface area (Å²) < 4.78 is 2.23. The molecule has 1 amide bonds. The first-order chi connectivity index (χ1) is 8.75. The van der Waals surface area contributed by atoms with E-state index >= 15 is 0 Å². The smallest absolute Gasteiger partial charge is 0.225 e. The highest BCUT2D eigenvalue weighted by atomic mass is 16.2. The van der Waals surface area contributed by atoms with E-state index in [0.717, 1.165) is 18.5 Å². The molecule has 5 heteroatoms. The molecule has 2 saturated carbocycles. The quantitative estimate of drug-likeness (QED) is 0.864. The van der Waals surface area contributed by atoms with Gasteiger partial charge in [-0.15, -0.1) is 0 Å². The number of hydrogen-bond acceptors (Lipinski definition) is 3. The van der Waals surface area contributed by atoms with Gasteiger partial charge in [0.05, 0.1) is 24.3 Å². The van der Waals surface area contributed by atoms with Gasteiger partial charge in [-0.1, -0.05) is 0 Å². The second-order valence-electron chi connectivity index (χ2n) is 5.80. The van der Waals surface area contributed by atoms with Gasteiger partial charge in [-0.2, -0.15) is 0 Å². The molecular formula is C13H18N4O. The highest BCUT2D eigenvalue weighted by Crippen LogP contribution is 2.44. The lowest BCUT2D eigenvalue weighted by Crippen LogP contribution is -2.35. The van der Waals surface area contributed by atoms with E-state index in [-0.39, 0.29) is 18.0 Å². The summed E-state index contributed by atoms with van der Waals surface area (Å²) in [6.45, 7) is 0. The van der Waals surface area contributed by atoms with E-state index in [1.165, 1.54) is 12.8 Å². The second-order valence-corrected chi connectivity index (χ2v) is 5.80. The van der Waals surface area contributed by atoms with Crippen molar-refractivity contribution in [3.8, 4) is 0 Å². The Morgan fingerprint density at radius 1 is 1.22 bits per heavy atom. The molecule has 96 valence electrons. The standard InChI is InChI=1S/C13H18N4O/c14-10-5-12(18)17(9-3-4-9)13(10)11-6-15-7-16(11)8-1-2-8/h6-10,13H,1-5,14H2. The van der Waals surface area contributed by atoms with Crippen molar-refractivity contribution in [2.45, 2.75) is 56.3 Å². The van der Waals surface area contributed by atoms with Gasteiger partial charge < -0.3 is 15.2 Å². The molecule has 2 aliphatic carbocycles. The van der Waals surface area contributed by atoms with Crippen LogP contribution in [-0.2, 0) is 4.79 Å². The Bertz CT molecular complexity index is 489. The molecule has 0 spiro atoms. The van der Waals surface area contributed by atoms with Gasteiger partial charge in [-0.25, -0.2) is 4.98 Å². The minimum atomic E-state index is -0.0766. The maximum atomic E-state index is 12.1. The molecule has 2 heterocycles. The third kappa shape index (κ3) is 1.50. The highest BCUT2D eigenvalue weighted by molar-refractivity contribution is 5.81. The number of imidazole rings is 1. The van der Waals surface area contributed by atoms with Crippen molar-refractivity contribution in [3.05, 3.63) is 18.2 Å². The Morgan fingerprint density at radius 2 is 1.94 bits per heavy atom. The van der Waals surface area contributed by atoms with Gasteiger partial charge in [-0.3, -0.25) is 4.79 Å². The highest BCUT2D eigenvalue weighted by Gasteiger charge is 2.47. The number of aromatic nitrogens is 2. The summed E-state index contributed by atoms with van der Waals surface area (Å²) in [7, 11) is 0. The van der Waals surface area contributed by atoms with Crippen LogP contribution in [0.4, 0.5) is 0 Å². The predicted molar refractivity (Wildman–Crippen MR) is 65.7 cm³/mol. The largest absolute Gasteiger partial charge is 0.330 e. The zero-order chi connectivity index (χ0) is 12.3. The maximum Gasteiger partial charge on any atom is 0.225 e. The van der Waals surface area contributed by atoms with Crippen LogP contribution in [0, 0.1) is 0 Å². The lowest BCUT2D eigenvalue weighted by Gasteiger charge is -2.27. The number of carbonyl (C=O) groups excluding carboxylic acids is 1. The van der Waals surface area contributed by atoms with Crippen molar-refractivity contribution in [1.82, 2.24) is 14.5 Å². The van der Waals surface area contributed by atoms with Gasteiger partial charge in [0.2, 0.25) is 5.91 Å². The van der Waals surface area contributed by atoms with Crippen LogP contribution in [0.2, 0.25) is 0 Å². The van der Waals surface area contributed by atoms with Crippen LogP contribution in [-0.4, -0.2) is 32.4 Å². The van der Waals surface area contributed by atoms with Crippen molar-refractivity contribution < 1.29 is 4.79 Å². The normalized spacial score (nSPS) is 32.3. The van der Waals surface area contributed by atoms with Gasteiger partial charge in [0, 0.05) is 24.5 Å². The van der Waals surface area contributed by atoms with Gasteiger partial charge in [0.25, 0.3) is 0 Å². The summed E-state index contributed by atoms with van der Waals surface area (Å²) in [6, 6.07) is 0.991. The predicted octanol–water partition coefficient (Wildman–Crippen LogP) is 0.981. The lowest BCUT2D eigenvalue weighted by molar-refractivity contribution is -0.129. The number of nitrogens with zero attached hydrogens (tertiary/aromatic N) is 3. The van der Waals surface area contributed by atoms with Gasteiger partial charge in [0.15, 0.2) is 0 Å². The van der Waals surface area contributed by atoms with Crippen molar-refractivity contribution in [3.63, 3.8) is 0 Å². The van der Waals surface area contributed by atoms with Crippen LogP contribution >= 0.6 is 0 Å². The third-order valence-electron chi connectivity index (χ3n) is 4.28. The fourth-order valence-electron chi connectivity index (χ4n) is 3.13. The Balaban J connectivity index is 1.72. The van der Waals surface area contributed by atoms with Crippen LogP contribution in [0.1, 0.15) is 49.9 Å². The molecule has 0 radical (unpaired) electrons. The zero-order valence-electron chi connectivity index (χ0n) is 10.3. The van der Waals surface area contributed by atoms with Crippen LogP contribution < -0.4 is 5.73 Å². The van der Waals surface area contributed by atoms with Crippen LogP contribution in [0.3, 0.4) is 0 Å². The number of hydrogen-bond donors (Lipinski definition) is 1. The monoisotopic (exact) mass is 246 g/mol. The summed E-state index contributed by atoms with van der Waals surface area (Å²) >= 11 is 0. The fraction of sp³-hybridized carbons (Fsp3) is 0.692. The molecule has 1 aromatic rings. The second kappa shape index (κ2) is 3.57. The zero-order valence-corrected chi connectivity index (χ0v) is 10.3. The first-order valence-electron chi connectivity index (χ1n) is 6.84. The minimum absolute atomic E-state index is 0.0492. The average Bonchev–Trinajstić information content (AvgIpc) is 3.25. The van der Waals surface area contributed by atoms with E-state index in [9.17, 15) is 4.79 Å². The number of amides is 1. The summed E-state index contributed by atoms with van der Waals surface area (Å²) in [5.41, 5.74) is 7.34. The third-order valence-corrected chi connectivity index (χ3v) is 4.28. The van der Waals surface area contributed by atoms with E-state index in [0.29, 0.717) is 18.5 Å². The van der Waals surface area contributed by atoms with Crippen LogP contribution in [0.25, 0.3) is 0 Å². The summed E-state index contributed by atoms with van der Waals surface area (Å²) in [6.07, 6.45) is 8.99. The number of likely N-dealkylation sites (tertiary alicyclic amines) is 1. The minimum Gasteiger partial charge on any atom is -0.330 e. The van der Waals surface area contributed by atoms with Gasteiger partial charge >= 0.3 is 0 Å². The van der Waals surface area contributed by atoms with Crippen LogP contribution in [0.15, 0.2) is 12.5 Å². The SMILES string of the molecule is NC1CC(=O)N(C2CC2)C1c1cncn1C1CC1. The number of rotatable bonds is 3. The van der Waals surface area contributed by atoms with E-state index in [4.69, 9.17) is 5.73 Å². The Kier molecular flexibility index (Phi) is 2.09. The van der Waals surface area contributed by atoms with E-state index < -0.39 is 0 Å². The van der Waals surface area contributed by atoms with Crippen LogP contribution in [0.5, 0.6) is 0 Å². The Labute approximate surface area is 106 Å². The summed E-state index contributed by atoms with van der Waals surface area (Å²) in [4.78, 5) is 18.4. The van der Waals surface area contributed by atoms with Crippen molar-refractivity contribution in [2.24, 2.45) is 5.73 Å². The average molecular weight is 246 g/mol. The number of carbonyl (C=O) groups is 1. The molecule has 18 heavy (non-hydrogen) atoms. The topological polar surface area (TPSA) is 64.2 Å². The lowest BCUT2D eigenvalue weighted by atomic mass is 10.1. The molecule has 2 unspecified atom stereocenters. The Hall–Kier alpha value is -1.36. The first-order valence-corrected chi connectivity index (χ1v) is 6.84. The molecule has 0 aromatic carbocycles. The molecule has 3 fully saturated rings. The molecule has 1 aliphatic heterocycles. The summed E-state index contributed by atoms with van der Waals surface area (Å²) in [5.74, 6) is 0.221. The number of nitrogens with two attached hydrogens (primary N) is 1. The maximum absolute atomic E-state index is 12.1. The fourth-order valence-corrected chi connectivity index (χ4v) is 3.13. The molecule has 1 aromatic heterocycles. The summed E-state index contributed by atoms with van der Waals surface area (Å²) in [5, 5.41) is 0.